The first-order valence-corrected chi connectivity index (χ1v) is 8.92. The van der Waals surface area contributed by atoms with E-state index in [1.165, 1.54) is 4.90 Å². The zero-order valence-corrected chi connectivity index (χ0v) is 15.3. The van der Waals surface area contributed by atoms with E-state index in [1.54, 1.807) is 36.3 Å². The predicted molar refractivity (Wildman–Crippen MR) is 101 cm³/mol. The lowest BCUT2D eigenvalue weighted by Crippen LogP contribution is -2.43. The van der Waals surface area contributed by atoms with Crippen LogP contribution in [0.3, 0.4) is 0 Å². The van der Waals surface area contributed by atoms with Gasteiger partial charge in [0.2, 0.25) is 11.8 Å². The van der Waals surface area contributed by atoms with Gasteiger partial charge in [-0.05, 0) is 31.0 Å². The maximum atomic E-state index is 13.0. The van der Waals surface area contributed by atoms with Crippen molar-refractivity contribution in [2.45, 2.75) is 18.9 Å². The van der Waals surface area contributed by atoms with Crippen molar-refractivity contribution in [3.8, 4) is 22.8 Å². The fourth-order valence-corrected chi connectivity index (χ4v) is 3.44. The van der Waals surface area contributed by atoms with E-state index >= 15 is 0 Å². The van der Waals surface area contributed by atoms with Crippen LogP contribution in [-0.4, -0.2) is 56.2 Å². The average Bonchev–Trinajstić information content (AvgIpc) is 3.47. The summed E-state index contributed by atoms with van der Waals surface area (Å²) in [5.74, 6) is -0.314. The van der Waals surface area contributed by atoms with E-state index in [0.717, 1.165) is 17.7 Å². The molecule has 0 spiro atoms. The van der Waals surface area contributed by atoms with Gasteiger partial charge in [-0.25, -0.2) is 9.67 Å². The Morgan fingerprint density at radius 3 is 2.82 bits per heavy atom. The summed E-state index contributed by atoms with van der Waals surface area (Å²) in [5, 5.41) is 4.51. The molecular formula is C19H20N6O3. The van der Waals surface area contributed by atoms with Crippen LogP contribution in [0.5, 0.6) is 5.88 Å². The number of primary amides is 1. The summed E-state index contributed by atoms with van der Waals surface area (Å²) in [5.41, 5.74) is 7.99. The first-order chi connectivity index (χ1) is 13.6. The van der Waals surface area contributed by atoms with Gasteiger partial charge in [-0.3, -0.25) is 9.59 Å². The summed E-state index contributed by atoms with van der Waals surface area (Å²) in [6.07, 6.45) is 6.56. The zero-order valence-electron chi connectivity index (χ0n) is 15.3. The molecule has 144 valence electrons. The number of methoxy groups -OCH3 is 1. The number of likely N-dealkylation sites (tertiary alicyclic amines) is 1. The molecule has 3 aromatic rings. The highest BCUT2D eigenvalue weighted by Gasteiger charge is 2.34. The van der Waals surface area contributed by atoms with Crippen molar-refractivity contribution in [3.63, 3.8) is 0 Å². The standard InChI is InChI=1S/C19H20N6O3/c1-28-17-5-4-13(11-22-17)25-16(12-6-7-21-10-12)9-14(23-25)19(27)24-8-2-3-15(24)18(20)26/h4-7,9-11,15,21H,2-3,8H2,1H3,(H2,20,26)/t15-/m0/s1. The van der Waals surface area contributed by atoms with Crippen LogP contribution in [0.1, 0.15) is 23.3 Å². The molecule has 0 saturated carbocycles. The number of hydrogen-bond donors (Lipinski definition) is 2. The van der Waals surface area contributed by atoms with Crippen LogP contribution in [0, 0.1) is 0 Å². The minimum Gasteiger partial charge on any atom is -0.481 e. The topological polar surface area (TPSA) is 119 Å². The number of amides is 2. The Bertz CT molecular complexity index is 993. The Morgan fingerprint density at radius 2 is 2.18 bits per heavy atom. The van der Waals surface area contributed by atoms with Crippen molar-refractivity contribution in [2.24, 2.45) is 5.73 Å². The average molecular weight is 380 g/mol. The largest absolute Gasteiger partial charge is 0.481 e. The van der Waals surface area contributed by atoms with Gasteiger partial charge >= 0.3 is 0 Å². The normalized spacial score (nSPS) is 16.3. The molecule has 3 aromatic heterocycles. The quantitative estimate of drug-likeness (QED) is 0.693. The van der Waals surface area contributed by atoms with Crippen molar-refractivity contribution >= 4 is 11.8 Å². The van der Waals surface area contributed by atoms with E-state index in [1.807, 2.05) is 18.3 Å². The summed E-state index contributed by atoms with van der Waals surface area (Å²) >= 11 is 0. The number of ether oxygens (including phenoxy) is 1. The molecule has 9 nitrogen and oxygen atoms in total. The number of aromatic nitrogens is 4. The van der Waals surface area contributed by atoms with Crippen molar-refractivity contribution in [1.29, 1.82) is 0 Å². The SMILES string of the molecule is COc1ccc(-n2nc(C(=O)N3CCC[C@H]3C(N)=O)cc2-c2cc[nH]c2)cn1. The number of aromatic amines is 1. The molecule has 0 bridgehead atoms. The molecule has 0 aromatic carbocycles. The van der Waals surface area contributed by atoms with E-state index in [9.17, 15) is 9.59 Å². The predicted octanol–water partition coefficient (Wildman–Crippen LogP) is 1.36. The Balaban J connectivity index is 1.75. The molecule has 0 unspecified atom stereocenters. The maximum Gasteiger partial charge on any atom is 0.275 e. The minimum absolute atomic E-state index is 0.250. The van der Waals surface area contributed by atoms with Gasteiger partial charge in [-0.1, -0.05) is 0 Å². The Labute approximate surface area is 161 Å². The number of carbonyl (C=O) groups is 2. The third-order valence-electron chi connectivity index (χ3n) is 4.84. The molecule has 0 radical (unpaired) electrons. The highest BCUT2D eigenvalue weighted by molar-refractivity contribution is 5.97. The molecule has 0 aliphatic carbocycles. The van der Waals surface area contributed by atoms with Gasteiger partial charge in [0.25, 0.3) is 5.91 Å². The molecule has 4 heterocycles. The molecular weight excluding hydrogens is 360 g/mol. The highest BCUT2D eigenvalue weighted by atomic mass is 16.5. The van der Waals surface area contributed by atoms with Gasteiger partial charge < -0.3 is 20.4 Å². The molecule has 1 fully saturated rings. The number of nitrogens with zero attached hydrogens (tertiary/aromatic N) is 4. The second-order valence-electron chi connectivity index (χ2n) is 6.54. The van der Waals surface area contributed by atoms with Crippen LogP contribution in [0.25, 0.3) is 16.9 Å². The number of rotatable bonds is 5. The van der Waals surface area contributed by atoms with Crippen LogP contribution in [0.4, 0.5) is 0 Å². The van der Waals surface area contributed by atoms with E-state index in [2.05, 4.69) is 15.1 Å². The second-order valence-corrected chi connectivity index (χ2v) is 6.54. The minimum atomic E-state index is -0.587. The third kappa shape index (κ3) is 3.11. The van der Waals surface area contributed by atoms with Crippen LogP contribution < -0.4 is 10.5 Å². The van der Waals surface area contributed by atoms with Gasteiger partial charge in [-0.15, -0.1) is 0 Å². The van der Waals surface area contributed by atoms with Gasteiger partial charge in [0, 0.05) is 30.6 Å². The third-order valence-corrected chi connectivity index (χ3v) is 4.84. The van der Waals surface area contributed by atoms with Crippen LogP contribution in [0.15, 0.2) is 42.9 Å². The molecule has 3 N–H and O–H groups in total. The molecule has 4 rings (SSSR count). The van der Waals surface area contributed by atoms with Crippen molar-refractivity contribution in [2.75, 3.05) is 13.7 Å². The van der Waals surface area contributed by atoms with Gasteiger partial charge in [0.1, 0.15) is 6.04 Å². The number of nitrogens with one attached hydrogen (secondary N) is 1. The number of hydrogen-bond acceptors (Lipinski definition) is 5. The highest BCUT2D eigenvalue weighted by Crippen LogP contribution is 2.26. The maximum absolute atomic E-state index is 13.0. The number of pyridine rings is 1. The van der Waals surface area contributed by atoms with E-state index in [0.29, 0.717) is 24.5 Å². The van der Waals surface area contributed by atoms with Crippen molar-refractivity contribution < 1.29 is 14.3 Å². The van der Waals surface area contributed by atoms with Gasteiger partial charge in [0.05, 0.1) is 24.7 Å². The molecule has 2 amide bonds. The fourth-order valence-electron chi connectivity index (χ4n) is 3.44. The first kappa shape index (κ1) is 17.8. The van der Waals surface area contributed by atoms with Crippen LogP contribution >= 0.6 is 0 Å². The lowest BCUT2D eigenvalue weighted by atomic mass is 10.2. The number of nitrogens with two attached hydrogens (primary N) is 1. The van der Waals surface area contributed by atoms with Gasteiger partial charge in [-0.2, -0.15) is 5.10 Å². The lowest BCUT2D eigenvalue weighted by Gasteiger charge is -2.20. The molecule has 1 atom stereocenters. The molecule has 28 heavy (non-hydrogen) atoms. The smallest absolute Gasteiger partial charge is 0.275 e. The summed E-state index contributed by atoms with van der Waals surface area (Å²) in [6.45, 7) is 0.489. The second kappa shape index (κ2) is 7.18. The Kier molecular flexibility index (Phi) is 4.56. The molecule has 9 heteroatoms. The van der Waals surface area contributed by atoms with Crippen LogP contribution in [-0.2, 0) is 4.79 Å². The summed E-state index contributed by atoms with van der Waals surface area (Å²) in [6, 6.07) is 6.55. The van der Waals surface area contributed by atoms with Gasteiger partial charge in [0.15, 0.2) is 5.69 Å². The number of carbonyl (C=O) groups excluding carboxylic acids is 2. The summed E-state index contributed by atoms with van der Waals surface area (Å²) in [7, 11) is 1.54. The van der Waals surface area contributed by atoms with E-state index < -0.39 is 11.9 Å². The molecule has 1 aliphatic rings. The van der Waals surface area contributed by atoms with E-state index in [-0.39, 0.29) is 11.6 Å². The Hall–Kier alpha value is -3.62. The Morgan fingerprint density at radius 1 is 1.32 bits per heavy atom. The van der Waals surface area contributed by atoms with Crippen molar-refractivity contribution in [3.05, 3.63) is 48.5 Å². The monoisotopic (exact) mass is 380 g/mol. The van der Waals surface area contributed by atoms with E-state index in [4.69, 9.17) is 10.5 Å². The summed E-state index contributed by atoms with van der Waals surface area (Å²) in [4.78, 5) is 33.4. The van der Waals surface area contributed by atoms with Crippen molar-refractivity contribution in [1.82, 2.24) is 24.6 Å². The molecule has 1 aliphatic heterocycles. The fraction of sp³-hybridized carbons (Fsp3) is 0.263. The van der Waals surface area contributed by atoms with Crippen LogP contribution in [0.2, 0.25) is 0 Å². The number of H-pyrrole nitrogens is 1. The summed E-state index contributed by atoms with van der Waals surface area (Å²) < 4.78 is 6.75. The first-order valence-electron chi connectivity index (χ1n) is 8.92. The molecule has 1 saturated heterocycles. The zero-order chi connectivity index (χ0) is 19.7. The lowest BCUT2D eigenvalue weighted by molar-refractivity contribution is -0.121.